The van der Waals surface area contributed by atoms with E-state index in [-0.39, 0.29) is 24.9 Å². The molecule has 0 aromatic carbocycles. The normalized spacial score (nSPS) is 11.1. The number of ether oxygens (including phenoxy) is 2. The van der Waals surface area contributed by atoms with Crippen molar-refractivity contribution in [3.05, 3.63) is 0 Å². The quantitative estimate of drug-likeness (QED) is 0.366. The minimum absolute atomic E-state index is 0.0501. The number of carbonyl (C=O) groups is 2. The van der Waals surface area contributed by atoms with Crippen LogP contribution in [0.1, 0.15) is 59.3 Å². The van der Waals surface area contributed by atoms with E-state index in [2.05, 4.69) is 18.8 Å². The summed E-state index contributed by atoms with van der Waals surface area (Å²) in [5.74, 6) is 4.75. The van der Waals surface area contributed by atoms with Gasteiger partial charge in [-0.25, -0.2) is 0 Å². The Kier molecular flexibility index (Phi) is 10.7. The third kappa shape index (κ3) is 10.1. The summed E-state index contributed by atoms with van der Waals surface area (Å²) < 4.78 is 10.1. The van der Waals surface area contributed by atoms with Gasteiger partial charge < -0.3 is 9.47 Å². The standard InChI is InChI=1S/C15H24O4/c1-4-7-8-12-18-14(16)10-11-15(17)19-13(6-3)9-5-2/h13H,4,6-8,10-12H2,1-3H3. The molecule has 1 unspecified atom stereocenters. The molecule has 0 aromatic heterocycles. The number of rotatable bonds is 9. The summed E-state index contributed by atoms with van der Waals surface area (Å²) >= 11 is 0. The summed E-state index contributed by atoms with van der Waals surface area (Å²) in [7, 11) is 0. The van der Waals surface area contributed by atoms with Crippen LogP contribution in [0.2, 0.25) is 0 Å². The van der Waals surface area contributed by atoms with Gasteiger partial charge >= 0.3 is 11.9 Å². The lowest BCUT2D eigenvalue weighted by atomic mass is 10.2. The van der Waals surface area contributed by atoms with Crippen molar-refractivity contribution in [1.82, 2.24) is 0 Å². The molecule has 1 atom stereocenters. The van der Waals surface area contributed by atoms with Crippen molar-refractivity contribution in [3.8, 4) is 11.8 Å². The monoisotopic (exact) mass is 268 g/mol. The average molecular weight is 268 g/mol. The van der Waals surface area contributed by atoms with Crippen molar-refractivity contribution >= 4 is 11.9 Å². The fraction of sp³-hybridized carbons (Fsp3) is 0.733. The third-order valence-electron chi connectivity index (χ3n) is 2.49. The lowest BCUT2D eigenvalue weighted by Gasteiger charge is -2.10. The first kappa shape index (κ1) is 17.5. The number of hydrogen-bond donors (Lipinski definition) is 0. The van der Waals surface area contributed by atoms with E-state index >= 15 is 0 Å². The predicted octanol–water partition coefficient (Wildman–Crippen LogP) is 2.85. The Morgan fingerprint density at radius 1 is 1.11 bits per heavy atom. The first-order valence-electron chi connectivity index (χ1n) is 6.91. The van der Waals surface area contributed by atoms with E-state index in [1.54, 1.807) is 6.92 Å². The second kappa shape index (κ2) is 11.6. The molecule has 0 saturated heterocycles. The van der Waals surface area contributed by atoms with Gasteiger partial charge in [0.05, 0.1) is 19.4 Å². The molecule has 0 radical (unpaired) electrons. The summed E-state index contributed by atoms with van der Waals surface area (Å²) in [5.41, 5.74) is 0. The van der Waals surface area contributed by atoms with E-state index < -0.39 is 5.97 Å². The first-order chi connectivity index (χ1) is 9.13. The summed E-state index contributed by atoms with van der Waals surface area (Å²) in [5, 5.41) is 0. The van der Waals surface area contributed by atoms with E-state index in [1.807, 2.05) is 6.92 Å². The van der Waals surface area contributed by atoms with Crippen molar-refractivity contribution in [2.45, 2.75) is 65.4 Å². The van der Waals surface area contributed by atoms with Crippen LogP contribution in [0.3, 0.4) is 0 Å². The maximum Gasteiger partial charge on any atom is 0.307 e. The fourth-order valence-corrected chi connectivity index (χ4v) is 1.41. The average Bonchev–Trinajstić information content (AvgIpc) is 2.41. The highest BCUT2D eigenvalue weighted by Gasteiger charge is 2.12. The minimum Gasteiger partial charge on any atom is -0.466 e. The number of hydrogen-bond acceptors (Lipinski definition) is 4. The van der Waals surface area contributed by atoms with Crippen molar-refractivity contribution in [3.63, 3.8) is 0 Å². The van der Waals surface area contributed by atoms with Crippen LogP contribution in [0.15, 0.2) is 0 Å². The molecule has 0 heterocycles. The zero-order valence-electron chi connectivity index (χ0n) is 12.2. The van der Waals surface area contributed by atoms with Crippen molar-refractivity contribution in [1.29, 1.82) is 0 Å². The van der Waals surface area contributed by atoms with E-state index in [0.29, 0.717) is 13.0 Å². The van der Waals surface area contributed by atoms with Crippen molar-refractivity contribution in [2.75, 3.05) is 6.61 Å². The van der Waals surface area contributed by atoms with Crippen LogP contribution < -0.4 is 0 Å². The van der Waals surface area contributed by atoms with Gasteiger partial charge in [-0.05, 0) is 19.8 Å². The minimum atomic E-state index is -0.403. The summed E-state index contributed by atoms with van der Waals surface area (Å²) in [6, 6.07) is 0. The summed E-state index contributed by atoms with van der Waals surface area (Å²) in [6.07, 6.45) is 3.39. The van der Waals surface area contributed by atoms with E-state index in [0.717, 1.165) is 19.3 Å². The largest absolute Gasteiger partial charge is 0.466 e. The zero-order valence-corrected chi connectivity index (χ0v) is 12.2. The lowest BCUT2D eigenvalue weighted by Crippen LogP contribution is -2.17. The van der Waals surface area contributed by atoms with Crippen LogP contribution in [0, 0.1) is 11.8 Å². The molecule has 0 bridgehead atoms. The highest BCUT2D eigenvalue weighted by Crippen LogP contribution is 2.03. The molecule has 0 aromatic rings. The van der Waals surface area contributed by atoms with Gasteiger partial charge in [-0.1, -0.05) is 32.6 Å². The number of unbranched alkanes of at least 4 members (excludes halogenated alkanes) is 2. The predicted molar refractivity (Wildman–Crippen MR) is 73.3 cm³/mol. The van der Waals surface area contributed by atoms with Crippen LogP contribution in [0.4, 0.5) is 0 Å². The van der Waals surface area contributed by atoms with Crippen LogP contribution in [-0.2, 0) is 19.1 Å². The molecule has 0 fully saturated rings. The molecular weight excluding hydrogens is 244 g/mol. The van der Waals surface area contributed by atoms with Gasteiger partial charge in [0.25, 0.3) is 0 Å². The second-order valence-electron chi connectivity index (χ2n) is 4.21. The molecule has 0 N–H and O–H groups in total. The number of carbonyl (C=O) groups excluding carboxylic acids is 2. The molecule has 4 heteroatoms. The van der Waals surface area contributed by atoms with Crippen LogP contribution in [-0.4, -0.2) is 24.6 Å². The van der Waals surface area contributed by atoms with Crippen molar-refractivity contribution < 1.29 is 19.1 Å². The van der Waals surface area contributed by atoms with Gasteiger partial charge in [-0.15, -0.1) is 5.92 Å². The number of esters is 2. The van der Waals surface area contributed by atoms with E-state index in [4.69, 9.17) is 9.47 Å². The van der Waals surface area contributed by atoms with Gasteiger partial charge in [-0.3, -0.25) is 9.59 Å². The van der Waals surface area contributed by atoms with Crippen LogP contribution >= 0.6 is 0 Å². The maximum absolute atomic E-state index is 11.5. The molecule has 4 nitrogen and oxygen atoms in total. The van der Waals surface area contributed by atoms with Crippen LogP contribution in [0.25, 0.3) is 0 Å². The molecule has 108 valence electrons. The Morgan fingerprint density at radius 2 is 1.79 bits per heavy atom. The topological polar surface area (TPSA) is 52.6 Å². The Bertz CT molecular complexity index is 325. The Hall–Kier alpha value is -1.50. The summed E-state index contributed by atoms with van der Waals surface area (Å²) in [4.78, 5) is 22.8. The molecular formula is C15H24O4. The molecule has 19 heavy (non-hydrogen) atoms. The fourth-order valence-electron chi connectivity index (χ4n) is 1.41. The summed E-state index contributed by atoms with van der Waals surface area (Å²) in [6.45, 7) is 6.11. The Balaban J connectivity index is 3.76. The highest BCUT2D eigenvalue weighted by atomic mass is 16.5. The SMILES string of the molecule is CC#CC(CC)OC(=O)CCC(=O)OCCCCC. The van der Waals surface area contributed by atoms with Gasteiger partial charge in [0, 0.05) is 0 Å². The third-order valence-corrected chi connectivity index (χ3v) is 2.49. The molecule has 0 amide bonds. The molecule has 0 rings (SSSR count). The Morgan fingerprint density at radius 3 is 2.37 bits per heavy atom. The van der Waals surface area contributed by atoms with Gasteiger partial charge in [-0.2, -0.15) is 0 Å². The molecule has 0 aliphatic rings. The highest BCUT2D eigenvalue weighted by molar-refractivity contribution is 5.77. The van der Waals surface area contributed by atoms with Gasteiger partial charge in [0.1, 0.15) is 0 Å². The van der Waals surface area contributed by atoms with Gasteiger partial charge in [0.15, 0.2) is 6.10 Å². The smallest absolute Gasteiger partial charge is 0.307 e. The molecule has 0 aliphatic carbocycles. The molecule has 0 saturated carbocycles. The molecule has 0 spiro atoms. The van der Waals surface area contributed by atoms with Crippen LogP contribution in [0.5, 0.6) is 0 Å². The first-order valence-corrected chi connectivity index (χ1v) is 6.91. The maximum atomic E-state index is 11.5. The Labute approximate surface area is 115 Å². The zero-order chi connectivity index (χ0) is 14.5. The second-order valence-corrected chi connectivity index (χ2v) is 4.21. The lowest BCUT2D eigenvalue weighted by molar-refractivity contribution is -0.152. The van der Waals surface area contributed by atoms with Gasteiger partial charge in [0.2, 0.25) is 0 Å². The van der Waals surface area contributed by atoms with E-state index in [1.165, 1.54) is 0 Å². The molecule has 0 aliphatic heterocycles. The van der Waals surface area contributed by atoms with Crippen molar-refractivity contribution in [2.24, 2.45) is 0 Å². The van der Waals surface area contributed by atoms with E-state index in [9.17, 15) is 9.59 Å².